The Morgan fingerprint density at radius 1 is 1.53 bits per heavy atom. The highest BCUT2D eigenvalue weighted by Crippen LogP contribution is 2.27. The van der Waals surface area contributed by atoms with Gasteiger partial charge in [0.05, 0.1) is 0 Å². The SMILES string of the molecule is Cc1cc(F)ccc1OCC(=O)NCC1CC1. The molecule has 1 saturated carbocycles. The van der Waals surface area contributed by atoms with Crippen molar-refractivity contribution in [1.29, 1.82) is 0 Å². The topological polar surface area (TPSA) is 38.3 Å². The second kappa shape index (κ2) is 5.17. The van der Waals surface area contributed by atoms with Gasteiger partial charge in [-0.15, -0.1) is 0 Å². The van der Waals surface area contributed by atoms with E-state index in [1.165, 1.54) is 25.0 Å². The minimum Gasteiger partial charge on any atom is -0.484 e. The molecule has 0 aliphatic heterocycles. The number of aryl methyl sites for hydroxylation is 1. The number of halogens is 1. The maximum atomic E-state index is 12.8. The monoisotopic (exact) mass is 237 g/mol. The molecule has 0 spiro atoms. The molecule has 1 amide bonds. The van der Waals surface area contributed by atoms with E-state index >= 15 is 0 Å². The summed E-state index contributed by atoms with van der Waals surface area (Å²) in [5.41, 5.74) is 0.694. The van der Waals surface area contributed by atoms with Crippen LogP contribution in [0.2, 0.25) is 0 Å². The lowest BCUT2D eigenvalue weighted by atomic mass is 10.2. The van der Waals surface area contributed by atoms with Gasteiger partial charge in [-0.25, -0.2) is 4.39 Å². The summed E-state index contributed by atoms with van der Waals surface area (Å²) in [5.74, 6) is 0.785. The molecule has 4 heteroatoms. The van der Waals surface area contributed by atoms with E-state index in [4.69, 9.17) is 4.74 Å². The molecule has 1 N–H and O–H groups in total. The zero-order valence-electron chi connectivity index (χ0n) is 9.83. The van der Waals surface area contributed by atoms with Crippen molar-refractivity contribution in [3.63, 3.8) is 0 Å². The van der Waals surface area contributed by atoms with E-state index < -0.39 is 0 Å². The van der Waals surface area contributed by atoms with E-state index in [-0.39, 0.29) is 18.3 Å². The highest BCUT2D eigenvalue weighted by Gasteiger charge is 2.21. The van der Waals surface area contributed by atoms with Crippen molar-refractivity contribution in [3.8, 4) is 5.75 Å². The van der Waals surface area contributed by atoms with E-state index in [1.807, 2.05) is 0 Å². The number of benzene rings is 1. The van der Waals surface area contributed by atoms with Crippen LogP contribution >= 0.6 is 0 Å². The molecule has 0 bridgehead atoms. The van der Waals surface area contributed by atoms with Gasteiger partial charge in [0.2, 0.25) is 0 Å². The van der Waals surface area contributed by atoms with Crippen molar-refractivity contribution in [2.45, 2.75) is 19.8 Å². The van der Waals surface area contributed by atoms with E-state index in [2.05, 4.69) is 5.32 Å². The van der Waals surface area contributed by atoms with Crippen molar-refractivity contribution >= 4 is 5.91 Å². The fraction of sp³-hybridized carbons (Fsp3) is 0.462. The van der Waals surface area contributed by atoms with Gasteiger partial charge in [0.15, 0.2) is 6.61 Å². The number of ether oxygens (including phenoxy) is 1. The normalized spacial score (nSPS) is 14.5. The third-order valence-electron chi connectivity index (χ3n) is 2.78. The van der Waals surface area contributed by atoms with Gasteiger partial charge >= 0.3 is 0 Å². The Morgan fingerprint density at radius 3 is 2.94 bits per heavy atom. The van der Waals surface area contributed by atoms with Crippen molar-refractivity contribution in [1.82, 2.24) is 5.32 Å². The molecule has 92 valence electrons. The first kappa shape index (κ1) is 11.9. The van der Waals surface area contributed by atoms with Gasteiger partial charge < -0.3 is 10.1 Å². The zero-order valence-corrected chi connectivity index (χ0v) is 9.83. The molecule has 0 heterocycles. The zero-order chi connectivity index (χ0) is 12.3. The number of hydrogen-bond donors (Lipinski definition) is 1. The van der Waals surface area contributed by atoms with Crippen LogP contribution in [0.15, 0.2) is 18.2 Å². The van der Waals surface area contributed by atoms with Crippen LogP contribution in [-0.4, -0.2) is 19.1 Å². The van der Waals surface area contributed by atoms with Gasteiger partial charge in [-0.3, -0.25) is 4.79 Å². The molecular weight excluding hydrogens is 221 g/mol. The maximum absolute atomic E-state index is 12.8. The highest BCUT2D eigenvalue weighted by atomic mass is 19.1. The molecule has 0 aromatic heterocycles. The number of carbonyl (C=O) groups is 1. The molecule has 1 aromatic carbocycles. The fourth-order valence-electron chi connectivity index (χ4n) is 1.55. The second-order valence-electron chi connectivity index (χ2n) is 4.45. The lowest BCUT2D eigenvalue weighted by molar-refractivity contribution is -0.123. The van der Waals surface area contributed by atoms with Crippen LogP contribution in [0, 0.1) is 18.7 Å². The third kappa shape index (κ3) is 3.73. The van der Waals surface area contributed by atoms with Gasteiger partial charge in [0.1, 0.15) is 11.6 Å². The predicted octanol–water partition coefficient (Wildman–Crippen LogP) is 2.04. The summed E-state index contributed by atoms with van der Waals surface area (Å²) in [6, 6.07) is 4.25. The van der Waals surface area contributed by atoms with Crippen LogP contribution in [0.5, 0.6) is 5.75 Å². The Hall–Kier alpha value is -1.58. The molecule has 1 fully saturated rings. The van der Waals surface area contributed by atoms with Gasteiger partial charge in [0, 0.05) is 6.54 Å². The average Bonchev–Trinajstić information content (AvgIpc) is 3.09. The van der Waals surface area contributed by atoms with Crippen LogP contribution in [0.1, 0.15) is 18.4 Å². The minimum atomic E-state index is -0.298. The van der Waals surface area contributed by atoms with Crippen LogP contribution in [-0.2, 0) is 4.79 Å². The molecule has 1 aliphatic rings. The van der Waals surface area contributed by atoms with Crippen LogP contribution < -0.4 is 10.1 Å². The summed E-state index contributed by atoms with van der Waals surface area (Å²) in [6.45, 7) is 2.48. The van der Waals surface area contributed by atoms with E-state index in [1.54, 1.807) is 13.0 Å². The number of amides is 1. The molecule has 17 heavy (non-hydrogen) atoms. The van der Waals surface area contributed by atoms with Crippen LogP contribution in [0.4, 0.5) is 4.39 Å². The predicted molar refractivity (Wildman–Crippen MR) is 62.4 cm³/mol. The highest BCUT2D eigenvalue weighted by molar-refractivity contribution is 5.77. The van der Waals surface area contributed by atoms with Crippen LogP contribution in [0.25, 0.3) is 0 Å². The first-order valence-electron chi connectivity index (χ1n) is 5.81. The summed E-state index contributed by atoms with van der Waals surface area (Å²) >= 11 is 0. The van der Waals surface area contributed by atoms with Gasteiger partial charge in [-0.2, -0.15) is 0 Å². The number of hydrogen-bond acceptors (Lipinski definition) is 2. The Balaban J connectivity index is 1.77. The quantitative estimate of drug-likeness (QED) is 0.851. The van der Waals surface area contributed by atoms with Crippen molar-refractivity contribution < 1.29 is 13.9 Å². The number of nitrogens with one attached hydrogen (secondary N) is 1. The summed E-state index contributed by atoms with van der Waals surface area (Å²) < 4.78 is 18.2. The standard InChI is InChI=1S/C13H16FNO2/c1-9-6-11(14)4-5-12(9)17-8-13(16)15-7-10-2-3-10/h4-6,10H,2-3,7-8H2,1H3,(H,15,16). The molecule has 0 radical (unpaired) electrons. The van der Waals surface area contributed by atoms with Crippen molar-refractivity contribution in [3.05, 3.63) is 29.6 Å². The molecule has 1 aliphatic carbocycles. The Kier molecular flexibility index (Phi) is 3.61. The van der Waals surface area contributed by atoms with Gasteiger partial charge in [-0.1, -0.05) is 0 Å². The minimum absolute atomic E-state index is 0.0147. The van der Waals surface area contributed by atoms with Crippen LogP contribution in [0.3, 0.4) is 0 Å². The van der Waals surface area contributed by atoms with Gasteiger partial charge in [0.25, 0.3) is 5.91 Å². The fourth-order valence-corrected chi connectivity index (χ4v) is 1.55. The number of rotatable bonds is 5. The first-order chi connectivity index (χ1) is 8.15. The molecule has 0 saturated heterocycles. The third-order valence-corrected chi connectivity index (χ3v) is 2.78. The molecular formula is C13H16FNO2. The van der Waals surface area contributed by atoms with Gasteiger partial charge in [-0.05, 0) is 49.4 Å². The molecule has 2 rings (SSSR count). The average molecular weight is 237 g/mol. The molecule has 0 atom stereocenters. The summed E-state index contributed by atoms with van der Waals surface area (Å²) in [4.78, 5) is 11.4. The first-order valence-corrected chi connectivity index (χ1v) is 5.81. The second-order valence-corrected chi connectivity index (χ2v) is 4.45. The lowest BCUT2D eigenvalue weighted by Gasteiger charge is -2.09. The summed E-state index contributed by atoms with van der Waals surface area (Å²) in [5, 5.41) is 2.81. The Bertz CT molecular complexity index is 416. The van der Waals surface area contributed by atoms with E-state index in [9.17, 15) is 9.18 Å². The van der Waals surface area contributed by atoms with Crippen molar-refractivity contribution in [2.24, 2.45) is 5.92 Å². The maximum Gasteiger partial charge on any atom is 0.257 e. The smallest absolute Gasteiger partial charge is 0.257 e. The largest absolute Gasteiger partial charge is 0.484 e. The van der Waals surface area contributed by atoms with E-state index in [0.29, 0.717) is 17.2 Å². The van der Waals surface area contributed by atoms with E-state index in [0.717, 1.165) is 6.54 Å². The number of carbonyl (C=O) groups excluding carboxylic acids is 1. The summed E-state index contributed by atoms with van der Waals surface area (Å²) in [7, 11) is 0. The lowest BCUT2D eigenvalue weighted by Crippen LogP contribution is -2.30. The Morgan fingerprint density at radius 2 is 2.29 bits per heavy atom. The van der Waals surface area contributed by atoms with Crippen molar-refractivity contribution in [2.75, 3.05) is 13.2 Å². The molecule has 3 nitrogen and oxygen atoms in total. The molecule has 1 aromatic rings. The molecule has 0 unspecified atom stereocenters. The Labute approximate surface area is 100.0 Å². The summed E-state index contributed by atoms with van der Waals surface area (Å²) in [6.07, 6.45) is 2.41.